The van der Waals surface area contributed by atoms with Crippen LogP contribution in [0.15, 0.2) is 12.1 Å². The molecule has 0 atom stereocenters. The van der Waals surface area contributed by atoms with E-state index in [1.807, 2.05) is 6.92 Å². The number of carbonyl (C=O) groups is 1. The highest BCUT2D eigenvalue weighted by Crippen LogP contribution is 2.34. The minimum Gasteiger partial charge on any atom is -0.493 e. The highest BCUT2D eigenvalue weighted by Gasteiger charge is 2.24. The van der Waals surface area contributed by atoms with Crippen LogP contribution in [-0.2, 0) is 4.74 Å². The number of ether oxygens (including phenoxy) is 3. The van der Waals surface area contributed by atoms with E-state index in [9.17, 15) is 14.9 Å². The molecule has 1 aromatic carbocycles. The molecule has 0 radical (unpaired) electrons. The number of carboxylic acid groups (broad SMARTS) is 1. The molecule has 1 N–H and O–H groups in total. The van der Waals surface area contributed by atoms with Gasteiger partial charge >= 0.3 is 5.97 Å². The Hall–Kier alpha value is -2.35. The van der Waals surface area contributed by atoms with Crippen LogP contribution in [0.1, 0.15) is 17.3 Å². The Morgan fingerprint density at radius 3 is 2.55 bits per heavy atom. The van der Waals surface area contributed by atoms with Crippen molar-refractivity contribution in [2.45, 2.75) is 6.92 Å². The molecule has 0 heterocycles. The summed E-state index contributed by atoms with van der Waals surface area (Å²) < 4.78 is 15.4. The molecular formula is C12H15NO7. The molecule has 0 saturated carbocycles. The van der Waals surface area contributed by atoms with Crippen LogP contribution < -0.4 is 9.47 Å². The molecule has 1 rings (SSSR count). The van der Waals surface area contributed by atoms with E-state index in [1.54, 1.807) is 0 Å². The van der Waals surface area contributed by atoms with E-state index in [-0.39, 0.29) is 18.1 Å². The number of nitrogens with zero attached hydrogens (tertiary/aromatic N) is 1. The summed E-state index contributed by atoms with van der Waals surface area (Å²) in [5.41, 5.74) is -1.01. The molecule has 110 valence electrons. The van der Waals surface area contributed by atoms with Gasteiger partial charge in [-0.25, -0.2) is 4.79 Å². The molecule has 0 saturated heterocycles. The second kappa shape index (κ2) is 7.29. The van der Waals surface area contributed by atoms with Crippen LogP contribution in [0.5, 0.6) is 11.5 Å². The van der Waals surface area contributed by atoms with Gasteiger partial charge in [0.1, 0.15) is 12.2 Å². The van der Waals surface area contributed by atoms with Crippen molar-refractivity contribution in [1.29, 1.82) is 0 Å². The van der Waals surface area contributed by atoms with Crippen LogP contribution in [0, 0.1) is 10.1 Å². The minimum atomic E-state index is -1.41. The predicted molar refractivity (Wildman–Crippen MR) is 68.6 cm³/mol. The Labute approximate surface area is 115 Å². The monoisotopic (exact) mass is 285 g/mol. The summed E-state index contributed by atoms with van der Waals surface area (Å²) in [6.45, 7) is 2.84. The number of carboxylic acids is 1. The van der Waals surface area contributed by atoms with Gasteiger partial charge in [-0.3, -0.25) is 10.1 Å². The second-order valence-electron chi connectivity index (χ2n) is 3.63. The number of nitro groups is 1. The van der Waals surface area contributed by atoms with Crippen LogP contribution in [0.25, 0.3) is 0 Å². The zero-order valence-corrected chi connectivity index (χ0v) is 11.1. The number of benzene rings is 1. The van der Waals surface area contributed by atoms with E-state index >= 15 is 0 Å². The Morgan fingerprint density at radius 1 is 1.35 bits per heavy atom. The Bertz CT molecular complexity index is 501. The molecule has 8 nitrogen and oxygen atoms in total. The fourth-order valence-corrected chi connectivity index (χ4v) is 1.50. The lowest BCUT2D eigenvalue weighted by Gasteiger charge is -2.11. The summed E-state index contributed by atoms with van der Waals surface area (Å²) in [6.07, 6.45) is 0. The van der Waals surface area contributed by atoms with Crippen LogP contribution in [-0.4, -0.2) is 42.9 Å². The highest BCUT2D eigenvalue weighted by atomic mass is 16.6. The lowest BCUT2D eigenvalue weighted by atomic mass is 10.1. The van der Waals surface area contributed by atoms with E-state index < -0.39 is 22.1 Å². The van der Waals surface area contributed by atoms with Gasteiger partial charge in [-0.15, -0.1) is 0 Å². The summed E-state index contributed by atoms with van der Waals surface area (Å²) in [7, 11) is 1.32. The first-order chi connectivity index (χ1) is 9.51. The summed E-state index contributed by atoms with van der Waals surface area (Å²) in [6, 6.07) is 2.10. The predicted octanol–water partition coefficient (Wildman–Crippen LogP) is 1.72. The molecule has 0 aliphatic carbocycles. The topological polar surface area (TPSA) is 108 Å². The van der Waals surface area contributed by atoms with E-state index in [1.165, 1.54) is 7.11 Å². The van der Waals surface area contributed by atoms with Gasteiger partial charge in [0.25, 0.3) is 5.69 Å². The third kappa shape index (κ3) is 3.82. The summed E-state index contributed by atoms with van der Waals surface area (Å²) >= 11 is 0. The quantitative estimate of drug-likeness (QED) is 0.440. The molecule has 0 unspecified atom stereocenters. The fourth-order valence-electron chi connectivity index (χ4n) is 1.50. The van der Waals surface area contributed by atoms with Crippen molar-refractivity contribution in [3.63, 3.8) is 0 Å². The van der Waals surface area contributed by atoms with Crippen LogP contribution in [0.3, 0.4) is 0 Å². The third-order valence-corrected chi connectivity index (χ3v) is 2.40. The van der Waals surface area contributed by atoms with Crippen molar-refractivity contribution in [2.75, 3.05) is 26.9 Å². The average Bonchev–Trinajstić information content (AvgIpc) is 2.42. The van der Waals surface area contributed by atoms with Gasteiger partial charge in [-0.1, -0.05) is 0 Å². The van der Waals surface area contributed by atoms with Crippen LogP contribution in [0.2, 0.25) is 0 Å². The van der Waals surface area contributed by atoms with Gasteiger partial charge in [-0.05, 0) is 6.92 Å². The smallest absolute Gasteiger partial charge is 0.342 e. The van der Waals surface area contributed by atoms with Crippen molar-refractivity contribution in [1.82, 2.24) is 0 Å². The van der Waals surface area contributed by atoms with Crippen molar-refractivity contribution in [3.05, 3.63) is 27.8 Å². The van der Waals surface area contributed by atoms with Gasteiger partial charge in [-0.2, -0.15) is 0 Å². The lowest BCUT2D eigenvalue weighted by molar-refractivity contribution is -0.385. The second-order valence-corrected chi connectivity index (χ2v) is 3.63. The maximum atomic E-state index is 11.0. The highest BCUT2D eigenvalue weighted by molar-refractivity contribution is 5.93. The Balaban J connectivity index is 3.07. The van der Waals surface area contributed by atoms with Crippen molar-refractivity contribution >= 4 is 11.7 Å². The molecule has 0 spiro atoms. The molecule has 0 aromatic heterocycles. The zero-order chi connectivity index (χ0) is 15.1. The molecule has 0 bridgehead atoms. The molecule has 8 heteroatoms. The summed E-state index contributed by atoms with van der Waals surface area (Å²) in [4.78, 5) is 21.1. The van der Waals surface area contributed by atoms with Gasteiger partial charge < -0.3 is 19.3 Å². The summed E-state index contributed by atoms with van der Waals surface area (Å²) in [5.74, 6) is -1.19. The fraction of sp³-hybridized carbons (Fsp3) is 0.417. The number of hydrogen-bond acceptors (Lipinski definition) is 6. The molecule has 1 aromatic rings. The first-order valence-electron chi connectivity index (χ1n) is 5.81. The van der Waals surface area contributed by atoms with Crippen molar-refractivity contribution < 1.29 is 29.0 Å². The van der Waals surface area contributed by atoms with Crippen LogP contribution >= 0.6 is 0 Å². The molecule has 0 amide bonds. The van der Waals surface area contributed by atoms with Gasteiger partial charge in [0.05, 0.1) is 24.7 Å². The van der Waals surface area contributed by atoms with E-state index in [2.05, 4.69) is 0 Å². The average molecular weight is 285 g/mol. The minimum absolute atomic E-state index is 0.101. The lowest BCUT2D eigenvalue weighted by Crippen LogP contribution is -2.09. The van der Waals surface area contributed by atoms with E-state index in [4.69, 9.17) is 19.3 Å². The van der Waals surface area contributed by atoms with Gasteiger partial charge in [0.2, 0.25) is 0 Å². The van der Waals surface area contributed by atoms with Gasteiger partial charge in [0.15, 0.2) is 11.5 Å². The molecule has 0 aliphatic rings. The summed E-state index contributed by atoms with van der Waals surface area (Å²) in [5, 5.41) is 19.8. The number of aromatic carboxylic acids is 1. The van der Waals surface area contributed by atoms with Crippen molar-refractivity contribution in [3.8, 4) is 11.5 Å². The largest absolute Gasteiger partial charge is 0.493 e. The normalized spacial score (nSPS) is 10.1. The molecule has 20 heavy (non-hydrogen) atoms. The van der Waals surface area contributed by atoms with Gasteiger partial charge in [0, 0.05) is 12.7 Å². The SMILES string of the molecule is CCOCCOc1cc([N+](=O)[O-])c(C(=O)O)cc1OC. The molecule has 0 fully saturated rings. The number of methoxy groups -OCH3 is 1. The molecule has 0 aliphatic heterocycles. The van der Waals surface area contributed by atoms with E-state index in [0.29, 0.717) is 13.2 Å². The number of hydrogen-bond donors (Lipinski definition) is 1. The first kappa shape index (κ1) is 15.7. The first-order valence-corrected chi connectivity index (χ1v) is 5.81. The standard InChI is InChI=1S/C12H15NO7/c1-3-19-4-5-20-11-7-9(13(16)17)8(12(14)15)6-10(11)18-2/h6-7H,3-5H2,1-2H3,(H,14,15). The third-order valence-electron chi connectivity index (χ3n) is 2.40. The zero-order valence-electron chi connectivity index (χ0n) is 11.1. The Kier molecular flexibility index (Phi) is 5.73. The van der Waals surface area contributed by atoms with Crippen molar-refractivity contribution in [2.24, 2.45) is 0 Å². The maximum Gasteiger partial charge on any atom is 0.342 e. The number of nitro benzene ring substituents is 1. The van der Waals surface area contributed by atoms with E-state index in [0.717, 1.165) is 12.1 Å². The van der Waals surface area contributed by atoms with Crippen LogP contribution in [0.4, 0.5) is 5.69 Å². The Morgan fingerprint density at radius 2 is 2.05 bits per heavy atom. The number of rotatable bonds is 8. The molecular weight excluding hydrogens is 270 g/mol. The maximum absolute atomic E-state index is 11.0.